The van der Waals surface area contributed by atoms with Gasteiger partial charge in [0.2, 0.25) is 11.5 Å². The lowest BCUT2D eigenvalue weighted by Gasteiger charge is -2.49. The number of anilines is 2. The summed E-state index contributed by atoms with van der Waals surface area (Å²) in [5, 5.41) is 23.4. The van der Waals surface area contributed by atoms with Gasteiger partial charge in [-0.05, 0) is 6.07 Å². The number of thioether (sulfide) groups is 1. The molecule has 16 nitrogen and oxygen atoms in total. The molecule has 0 unspecified atom stereocenters. The number of carbonyl (C=O) groups is 3. The van der Waals surface area contributed by atoms with Crippen LogP contribution in [0.25, 0.3) is 5.65 Å². The van der Waals surface area contributed by atoms with Gasteiger partial charge in [-0.25, -0.2) is 9.36 Å². The van der Waals surface area contributed by atoms with E-state index < -0.39 is 29.2 Å². The number of nitrogens with zero attached hydrogens (tertiary/aromatic N) is 7. The van der Waals surface area contributed by atoms with Gasteiger partial charge in [-0.2, -0.15) is 9.36 Å². The number of aliphatic carboxylic acids is 1. The smallest absolute Gasteiger partial charge is 0.352 e. The van der Waals surface area contributed by atoms with Gasteiger partial charge < -0.3 is 32.0 Å². The topological polar surface area (TPSA) is 219 Å². The summed E-state index contributed by atoms with van der Waals surface area (Å²) in [6.07, 6.45) is 3.54. The van der Waals surface area contributed by atoms with Gasteiger partial charge in [0.25, 0.3) is 11.8 Å². The van der Waals surface area contributed by atoms with E-state index in [0.29, 0.717) is 30.2 Å². The van der Waals surface area contributed by atoms with E-state index in [-0.39, 0.29) is 28.9 Å². The minimum atomic E-state index is -1.23. The van der Waals surface area contributed by atoms with E-state index >= 15 is 0 Å². The zero-order valence-electron chi connectivity index (χ0n) is 20.5. The van der Waals surface area contributed by atoms with Crippen LogP contribution < -0.4 is 26.7 Å². The molecule has 0 saturated carbocycles. The number of carboxylic acids is 1. The molecular weight excluding hydrogens is 550 g/mol. The third-order valence-electron chi connectivity index (χ3n) is 5.92. The fourth-order valence-corrected chi connectivity index (χ4v) is 6.01. The number of nitrogen functional groups attached to an aromatic ring is 1. The van der Waals surface area contributed by atoms with E-state index in [1.165, 1.54) is 23.8 Å². The number of β-lactam (4-membered cyclic amide) rings is 1. The maximum absolute atomic E-state index is 13.1. The maximum Gasteiger partial charge on any atom is 0.352 e. The highest BCUT2D eigenvalue weighted by Crippen LogP contribution is 2.40. The molecule has 0 bridgehead atoms. The van der Waals surface area contributed by atoms with Crippen molar-refractivity contribution in [3.8, 4) is 0 Å². The number of amides is 2. The maximum atomic E-state index is 13.1. The number of hydrogen-bond donors (Lipinski definition) is 5. The molecule has 5 heterocycles. The standard InChI is InChI=1S/C21H23N11O5S2/c1-37-28-13(16-26-21(23)39-29-16)17(33)25-14-18(34)32-15(20(35)36)10(9-38-19(14)32)8-30-6-7-31-12(30)3-2-11(27-31)24-5-4-22/h2-3,6-7,14,19H,4-5,8-9,22H2,1H3,(H4-,23,24,25,26,27,29,33,35,36)/p+1/b28-13-/t14-,19-/m1/s1. The molecule has 0 aromatic carbocycles. The Morgan fingerprint density at radius 1 is 1.38 bits per heavy atom. The van der Waals surface area contributed by atoms with E-state index in [9.17, 15) is 19.5 Å². The number of rotatable bonds is 10. The SMILES string of the molecule is CO/N=C(\C(=O)N[C@@H]1C(=O)N2C(C(=O)O)=C(C[n+]3ccn4nc(NCCN)ccc43)CS[C@H]12)c1nsc(N)n1. The largest absolute Gasteiger partial charge is 0.477 e. The molecule has 0 spiro atoms. The second-order valence-corrected chi connectivity index (χ2v) is 10.2. The molecule has 1 fully saturated rings. The fraction of sp³-hybridized carbons (Fsp3) is 0.333. The van der Waals surface area contributed by atoms with Crippen molar-refractivity contribution in [1.29, 1.82) is 0 Å². The predicted molar refractivity (Wildman–Crippen MR) is 140 cm³/mol. The Kier molecular flexibility index (Phi) is 7.31. The molecule has 2 amide bonds. The van der Waals surface area contributed by atoms with Gasteiger partial charge in [0.15, 0.2) is 17.1 Å². The molecule has 1 saturated heterocycles. The zero-order valence-corrected chi connectivity index (χ0v) is 22.1. The molecule has 18 heteroatoms. The Morgan fingerprint density at radius 3 is 2.90 bits per heavy atom. The van der Waals surface area contributed by atoms with Gasteiger partial charge >= 0.3 is 11.6 Å². The molecule has 2 aliphatic rings. The van der Waals surface area contributed by atoms with Crippen LogP contribution in [0.15, 0.2) is 41.0 Å². The number of carbonyl (C=O) groups excluding carboxylic acids is 2. The summed E-state index contributed by atoms with van der Waals surface area (Å²) in [6.45, 7) is 1.28. The van der Waals surface area contributed by atoms with Crippen LogP contribution in [0.4, 0.5) is 10.9 Å². The fourth-order valence-electron chi connectivity index (χ4n) is 4.24. The first-order valence-electron chi connectivity index (χ1n) is 11.6. The van der Waals surface area contributed by atoms with Crippen LogP contribution in [0.2, 0.25) is 0 Å². The molecule has 204 valence electrons. The van der Waals surface area contributed by atoms with Crippen molar-refractivity contribution in [3.63, 3.8) is 0 Å². The van der Waals surface area contributed by atoms with Gasteiger partial charge in [-0.1, -0.05) is 14.8 Å². The van der Waals surface area contributed by atoms with Crippen molar-refractivity contribution < 1.29 is 28.9 Å². The van der Waals surface area contributed by atoms with Crippen molar-refractivity contribution in [2.24, 2.45) is 10.9 Å². The number of aromatic nitrogens is 5. The number of hydrogen-bond acceptors (Lipinski definition) is 13. The van der Waals surface area contributed by atoms with E-state index in [1.54, 1.807) is 16.9 Å². The summed E-state index contributed by atoms with van der Waals surface area (Å²) in [4.78, 5) is 48.1. The van der Waals surface area contributed by atoms with Crippen LogP contribution in [-0.2, 0) is 25.8 Å². The minimum absolute atomic E-state index is 0.0428. The number of oxime groups is 1. The molecule has 2 aliphatic heterocycles. The summed E-state index contributed by atoms with van der Waals surface area (Å²) in [6, 6.07) is 2.70. The number of nitrogens with two attached hydrogens (primary N) is 2. The van der Waals surface area contributed by atoms with Gasteiger partial charge in [0.1, 0.15) is 37.0 Å². The number of nitrogens with one attached hydrogen (secondary N) is 2. The van der Waals surface area contributed by atoms with Crippen molar-refractivity contribution in [2.75, 3.05) is 37.0 Å². The highest BCUT2D eigenvalue weighted by Gasteiger charge is 2.54. The van der Waals surface area contributed by atoms with Crippen molar-refractivity contribution in [1.82, 2.24) is 29.2 Å². The Bertz CT molecular complexity index is 1520. The molecule has 39 heavy (non-hydrogen) atoms. The molecular formula is C21H24N11O5S2+. The summed E-state index contributed by atoms with van der Waals surface area (Å²) in [7, 11) is 1.25. The van der Waals surface area contributed by atoms with Crippen molar-refractivity contribution in [2.45, 2.75) is 18.0 Å². The Labute approximate surface area is 228 Å². The minimum Gasteiger partial charge on any atom is -0.477 e. The van der Waals surface area contributed by atoms with Crippen molar-refractivity contribution in [3.05, 3.63) is 41.6 Å². The number of carboxylic acid groups (broad SMARTS) is 1. The normalized spacial score (nSPS) is 19.1. The first-order chi connectivity index (χ1) is 18.8. The Hall–Kier alpha value is -4.29. The van der Waals surface area contributed by atoms with Gasteiger partial charge in [-0.15, -0.1) is 11.8 Å². The average Bonchev–Trinajstić information content (AvgIpc) is 3.54. The molecule has 0 aliphatic carbocycles. The lowest BCUT2D eigenvalue weighted by atomic mass is 10.0. The molecule has 2 atom stereocenters. The van der Waals surface area contributed by atoms with E-state index in [4.69, 9.17) is 16.3 Å². The monoisotopic (exact) mass is 574 g/mol. The molecule has 0 radical (unpaired) electrons. The van der Waals surface area contributed by atoms with Crippen LogP contribution >= 0.6 is 23.3 Å². The number of imidazole rings is 1. The second kappa shape index (κ2) is 10.8. The summed E-state index contributed by atoms with van der Waals surface area (Å²) in [5.74, 6) is -1.58. The van der Waals surface area contributed by atoms with Gasteiger partial charge in [0, 0.05) is 42.0 Å². The van der Waals surface area contributed by atoms with E-state index in [0.717, 1.165) is 17.2 Å². The Balaban J connectivity index is 1.34. The lowest BCUT2D eigenvalue weighted by Crippen LogP contribution is -2.71. The second-order valence-electron chi connectivity index (χ2n) is 8.36. The third kappa shape index (κ3) is 4.95. The van der Waals surface area contributed by atoms with Gasteiger partial charge in [-0.3, -0.25) is 14.5 Å². The highest BCUT2D eigenvalue weighted by molar-refractivity contribution is 8.00. The third-order valence-corrected chi connectivity index (χ3v) is 7.80. The molecule has 3 aromatic rings. The molecule has 7 N–H and O–H groups in total. The molecule has 5 rings (SSSR count). The van der Waals surface area contributed by atoms with Gasteiger partial charge in [0.05, 0.1) is 0 Å². The van der Waals surface area contributed by atoms with Crippen LogP contribution in [0, 0.1) is 0 Å². The van der Waals surface area contributed by atoms with Crippen LogP contribution in [0.5, 0.6) is 0 Å². The van der Waals surface area contributed by atoms with Crippen LogP contribution in [-0.4, -0.2) is 89.8 Å². The quantitative estimate of drug-likeness (QED) is 0.0785. The number of fused-ring (bicyclic) bond motifs is 2. The zero-order chi connectivity index (χ0) is 27.7. The van der Waals surface area contributed by atoms with Crippen molar-refractivity contribution >= 4 is 63.4 Å². The van der Waals surface area contributed by atoms with E-state index in [1.807, 2.05) is 16.7 Å². The lowest BCUT2D eigenvalue weighted by molar-refractivity contribution is -0.662. The Morgan fingerprint density at radius 2 is 2.21 bits per heavy atom. The first-order valence-corrected chi connectivity index (χ1v) is 13.4. The predicted octanol–water partition coefficient (Wildman–Crippen LogP) is -1.78. The first kappa shape index (κ1) is 26.3. The van der Waals surface area contributed by atoms with E-state index in [2.05, 4.69) is 30.2 Å². The summed E-state index contributed by atoms with van der Waals surface area (Å²) in [5.41, 5.74) is 12.1. The molecule has 3 aromatic heterocycles. The van der Waals surface area contributed by atoms with Crippen LogP contribution in [0.1, 0.15) is 5.82 Å². The summed E-state index contributed by atoms with van der Waals surface area (Å²) < 4.78 is 7.48. The average molecular weight is 575 g/mol. The van der Waals surface area contributed by atoms with Crippen LogP contribution in [0.3, 0.4) is 0 Å². The summed E-state index contributed by atoms with van der Waals surface area (Å²) >= 11 is 2.23. The highest BCUT2D eigenvalue weighted by atomic mass is 32.2.